The van der Waals surface area contributed by atoms with Crippen molar-refractivity contribution in [2.24, 2.45) is 0 Å². The Bertz CT molecular complexity index is 748. The van der Waals surface area contributed by atoms with E-state index in [2.05, 4.69) is 29.6 Å². The highest BCUT2D eigenvalue weighted by Crippen LogP contribution is 2.19. The van der Waals surface area contributed by atoms with Crippen LogP contribution in [-0.2, 0) is 6.42 Å². The summed E-state index contributed by atoms with van der Waals surface area (Å²) in [6, 6.07) is 17.9. The maximum Gasteiger partial charge on any atom is 0.126 e. The average Bonchev–Trinajstić information content (AvgIpc) is 2.46. The maximum absolute atomic E-state index is 13.1. The Balaban J connectivity index is 1.66. The molecule has 0 bridgehead atoms. The van der Waals surface area contributed by atoms with Gasteiger partial charge >= 0.3 is 0 Å². The van der Waals surface area contributed by atoms with E-state index in [0.29, 0.717) is 18.5 Å². The normalized spacial score (nSPS) is 10.8. The molecule has 0 aliphatic heterocycles. The molecule has 1 N–H and O–H groups in total. The molecular weight excluding hydrogens is 268 g/mol. The third kappa shape index (κ3) is 3.37. The zero-order valence-corrected chi connectivity index (χ0v) is 11.4. The van der Waals surface area contributed by atoms with Gasteiger partial charge in [-0.15, -0.1) is 0 Å². The fourth-order valence-corrected chi connectivity index (χ4v) is 2.41. The second-order valence-electron chi connectivity index (χ2n) is 5.02. The summed E-state index contributed by atoms with van der Waals surface area (Å²) in [6.07, 6.45) is 0.571. The lowest BCUT2D eigenvalue weighted by Crippen LogP contribution is -2.05. The summed E-state index contributed by atoms with van der Waals surface area (Å²) in [5, 5.41) is 5.64. The first-order chi connectivity index (χ1) is 10.2. The molecule has 0 aliphatic carbocycles. The number of anilines is 1. The van der Waals surface area contributed by atoms with E-state index in [9.17, 15) is 8.78 Å². The van der Waals surface area contributed by atoms with Crippen LogP contribution in [0, 0.1) is 11.6 Å². The molecule has 3 aromatic carbocycles. The summed E-state index contributed by atoms with van der Waals surface area (Å²) >= 11 is 0. The van der Waals surface area contributed by atoms with Gasteiger partial charge in [0.2, 0.25) is 0 Å². The van der Waals surface area contributed by atoms with E-state index in [4.69, 9.17) is 0 Å². The quantitative estimate of drug-likeness (QED) is 0.727. The lowest BCUT2D eigenvalue weighted by molar-refractivity contribution is 0.580. The van der Waals surface area contributed by atoms with Crippen molar-refractivity contribution in [3.8, 4) is 0 Å². The molecule has 3 aromatic rings. The van der Waals surface area contributed by atoms with Crippen molar-refractivity contribution in [3.05, 3.63) is 77.9 Å². The number of benzene rings is 3. The van der Waals surface area contributed by atoms with Gasteiger partial charge in [-0.2, -0.15) is 0 Å². The zero-order valence-electron chi connectivity index (χ0n) is 11.4. The molecule has 21 heavy (non-hydrogen) atoms. The molecule has 3 rings (SSSR count). The summed E-state index contributed by atoms with van der Waals surface area (Å²) in [4.78, 5) is 0. The smallest absolute Gasteiger partial charge is 0.126 e. The monoisotopic (exact) mass is 283 g/mol. The highest BCUT2D eigenvalue weighted by atomic mass is 19.1. The molecule has 0 spiro atoms. The second-order valence-corrected chi connectivity index (χ2v) is 5.02. The predicted molar refractivity (Wildman–Crippen MR) is 82.5 cm³/mol. The first-order valence-corrected chi connectivity index (χ1v) is 6.88. The summed E-state index contributed by atoms with van der Waals surface area (Å²) in [7, 11) is 0. The van der Waals surface area contributed by atoms with Crippen LogP contribution in [0.1, 0.15) is 5.56 Å². The fourth-order valence-electron chi connectivity index (χ4n) is 2.41. The molecule has 0 unspecified atom stereocenters. The third-order valence-electron chi connectivity index (χ3n) is 3.41. The van der Waals surface area contributed by atoms with Crippen LogP contribution in [0.2, 0.25) is 0 Å². The Hall–Kier alpha value is -2.42. The van der Waals surface area contributed by atoms with Crippen LogP contribution >= 0.6 is 0 Å². The van der Waals surface area contributed by atoms with Crippen molar-refractivity contribution in [2.75, 3.05) is 11.9 Å². The lowest BCUT2D eigenvalue weighted by Gasteiger charge is -2.08. The SMILES string of the molecule is Fc1cc(F)cc(CCNc2ccc3ccccc3c2)c1. The Morgan fingerprint density at radius 1 is 0.762 bits per heavy atom. The molecule has 0 fully saturated rings. The first kappa shape index (κ1) is 13.6. The van der Waals surface area contributed by atoms with Crippen LogP contribution < -0.4 is 5.32 Å². The molecule has 0 radical (unpaired) electrons. The van der Waals surface area contributed by atoms with Crippen LogP contribution in [0.25, 0.3) is 10.8 Å². The van der Waals surface area contributed by atoms with Gasteiger partial charge in [-0.05, 0) is 47.0 Å². The number of nitrogens with one attached hydrogen (secondary N) is 1. The summed E-state index contributed by atoms with van der Waals surface area (Å²) in [6.45, 7) is 0.626. The van der Waals surface area contributed by atoms with E-state index in [0.717, 1.165) is 11.8 Å². The summed E-state index contributed by atoms with van der Waals surface area (Å²) in [5.74, 6) is -1.06. The van der Waals surface area contributed by atoms with Gasteiger partial charge in [-0.1, -0.05) is 30.3 Å². The number of fused-ring (bicyclic) bond motifs is 1. The minimum absolute atomic E-state index is 0.532. The molecule has 0 amide bonds. The molecule has 1 nitrogen and oxygen atoms in total. The van der Waals surface area contributed by atoms with Crippen LogP contribution in [-0.4, -0.2) is 6.54 Å². The number of hydrogen-bond donors (Lipinski definition) is 1. The van der Waals surface area contributed by atoms with Gasteiger partial charge in [-0.3, -0.25) is 0 Å². The number of rotatable bonds is 4. The lowest BCUT2D eigenvalue weighted by atomic mass is 10.1. The van der Waals surface area contributed by atoms with Crippen LogP contribution in [0.3, 0.4) is 0 Å². The fraction of sp³-hybridized carbons (Fsp3) is 0.111. The van der Waals surface area contributed by atoms with Crippen molar-refractivity contribution >= 4 is 16.5 Å². The maximum atomic E-state index is 13.1. The van der Waals surface area contributed by atoms with Crippen molar-refractivity contribution in [3.63, 3.8) is 0 Å². The predicted octanol–water partition coefficient (Wildman–Crippen LogP) is 4.77. The molecule has 3 heteroatoms. The molecule has 0 saturated heterocycles. The standard InChI is InChI=1S/C18H15F2N/c19-16-9-13(10-17(20)12-16)7-8-21-18-6-5-14-3-1-2-4-15(14)11-18/h1-6,9-12,21H,7-8H2. The van der Waals surface area contributed by atoms with Gasteiger partial charge in [0.15, 0.2) is 0 Å². The minimum Gasteiger partial charge on any atom is -0.385 e. The van der Waals surface area contributed by atoms with Gasteiger partial charge < -0.3 is 5.32 Å². The molecule has 0 aliphatic rings. The van der Waals surface area contributed by atoms with Crippen LogP contribution in [0.5, 0.6) is 0 Å². The van der Waals surface area contributed by atoms with E-state index >= 15 is 0 Å². The topological polar surface area (TPSA) is 12.0 Å². The van der Waals surface area contributed by atoms with Gasteiger partial charge in [-0.25, -0.2) is 8.78 Å². The Morgan fingerprint density at radius 2 is 1.48 bits per heavy atom. The third-order valence-corrected chi connectivity index (χ3v) is 3.41. The molecule has 106 valence electrons. The molecule has 0 atom stereocenters. The van der Waals surface area contributed by atoms with Gasteiger partial charge in [0.1, 0.15) is 11.6 Å². The van der Waals surface area contributed by atoms with E-state index in [1.165, 1.54) is 22.9 Å². The highest BCUT2D eigenvalue weighted by Gasteiger charge is 2.01. The van der Waals surface area contributed by atoms with Gasteiger partial charge in [0, 0.05) is 18.3 Å². The van der Waals surface area contributed by atoms with Gasteiger partial charge in [0.25, 0.3) is 0 Å². The largest absolute Gasteiger partial charge is 0.385 e. The number of halogens is 2. The van der Waals surface area contributed by atoms with Gasteiger partial charge in [0.05, 0.1) is 0 Å². The molecule has 0 saturated carbocycles. The Kier molecular flexibility index (Phi) is 3.82. The van der Waals surface area contributed by atoms with E-state index in [1.807, 2.05) is 18.2 Å². The van der Waals surface area contributed by atoms with E-state index in [1.54, 1.807) is 0 Å². The second kappa shape index (κ2) is 5.92. The van der Waals surface area contributed by atoms with Crippen molar-refractivity contribution in [1.82, 2.24) is 0 Å². The summed E-state index contributed by atoms with van der Waals surface area (Å²) < 4.78 is 26.2. The van der Waals surface area contributed by atoms with E-state index in [-0.39, 0.29) is 0 Å². The van der Waals surface area contributed by atoms with Crippen molar-refractivity contribution in [2.45, 2.75) is 6.42 Å². The number of hydrogen-bond acceptors (Lipinski definition) is 1. The molecule has 0 aromatic heterocycles. The first-order valence-electron chi connectivity index (χ1n) is 6.88. The Labute approximate surface area is 122 Å². The van der Waals surface area contributed by atoms with Crippen LogP contribution in [0.4, 0.5) is 14.5 Å². The van der Waals surface area contributed by atoms with E-state index < -0.39 is 11.6 Å². The average molecular weight is 283 g/mol. The summed E-state index contributed by atoms with van der Waals surface area (Å²) in [5.41, 5.74) is 1.66. The van der Waals surface area contributed by atoms with Crippen molar-refractivity contribution < 1.29 is 8.78 Å². The Morgan fingerprint density at radius 3 is 2.24 bits per heavy atom. The zero-order chi connectivity index (χ0) is 14.7. The minimum atomic E-state index is -0.532. The van der Waals surface area contributed by atoms with Crippen LogP contribution in [0.15, 0.2) is 60.7 Å². The molecular formula is C18H15F2N. The highest BCUT2D eigenvalue weighted by molar-refractivity contribution is 5.85. The molecule has 0 heterocycles. The van der Waals surface area contributed by atoms with Crippen molar-refractivity contribution in [1.29, 1.82) is 0 Å².